The first-order valence-corrected chi connectivity index (χ1v) is 19.5. The molecule has 1 aromatic heterocycles. The van der Waals surface area contributed by atoms with Crippen LogP contribution >= 0.6 is 0 Å². The molecule has 1 fully saturated rings. The van der Waals surface area contributed by atoms with Crippen LogP contribution in [0.2, 0.25) is 0 Å². The quantitative estimate of drug-likeness (QED) is 0.177. The van der Waals surface area contributed by atoms with E-state index in [1.54, 1.807) is 22.9 Å². The Balaban J connectivity index is 1.19. The van der Waals surface area contributed by atoms with Crippen molar-refractivity contribution in [2.75, 3.05) is 51.3 Å². The number of carbonyl (C=O) groups is 3. The summed E-state index contributed by atoms with van der Waals surface area (Å²) in [6.07, 6.45) is 0.942. The van der Waals surface area contributed by atoms with E-state index in [1.807, 2.05) is 97.1 Å². The van der Waals surface area contributed by atoms with Crippen LogP contribution in [0, 0.1) is 13.8 Å². The molecule has 3 amide bonds. The molecule has 288 valence electrons. The molecule has 0 aliphatic carbocycles. The maximum absolute atomic E-state index is 15.4. The largest absolute Gasteiger partial charge is 0.415 e. The molecular weight excluding hydrogens is 703 g/mol. The van der Waals surface area contributed by atoms with Gasteiger partial charge in [-0.05, 0) is 90.9 Å². The van der Waals surface area contributed by atoms with Gasteiger partial charge in [0.1, 0.15) is 5.75 Å². The summed E-state index contributed by atoms with van der Waals surface area (Å²) in [7, 11) is 3.75. The summed E-state index contributed by atoms with van der Waals surface area (Å²) in [5, 5.41) is 0. The van der Waals surface area contributed by atoms with Crippen LogP contribution in [-0.2, 0) is 37.7 Å². The van der Waals surface area contributed by atoms with Crippen LogP contribution in [-0.4, -0.2) is 89.7 Å². The fraction of sp³-hybridized carbons (Fsp3) is 0.326. The van der Waals surface area contributed by atoms with E-state index in [0.717, 1.165) is 70.9 Å². The second-order valence-electron chi connectivity index (χ2n) is 15.2. The monoisotopic (exact) mass is 751 g/mol. The molecule has 0 spiro atoms. The van der Waals surface area contributed by atoms with Gasteiger partial charge in [0.05, 0.1) is 18.8 Å². The second kappa shape index (κ2) is 15.8. The number of aryl methyl sites for hydroxylation is 1. The van der Waals surface area contributed by atoms with Gasteiger partial charge in [0, 0.05) is 87.6 Å². The molecule has 3 aliphatic rings. The van der Waals surface area contributed by atoms with Gasteiger partial charge < -0.3 is 28.7 Å². The fourth-order valence-corrected chi connectivity index (χ4v) is 8.33. The van der Waals surface area contributed by atoms with Gasteiger partial charge in [-0.1, -0.05) is 60.7 Å². The molecule has 1 saturated heterocycles. The number of rotatable bonds is 7. The van der Waals surface area contributed by atoms with Gasteiger partial charge in [-0.25, -0.2) is 4.79 Å². The molecular formula is C46H49N5O5. The number of morpholine rings is 1. The van der Waals surface area contributed by atoms with E-state index in [2.05, 4.69) is 29.2 Å². The SMILES string of the molecule is Cc1ccccc1OC(=O)N1CCc2cc(-c3cc(C(=O)N(C)c4ccccc4)c(C)n3C)c(C(=O)N3Cc4ccccc4C[C@H]3CN3CCOCC3)cc2C1. The topological polar surface area (TPSA) is 87.6 Å². The van der Waals surface area contributed by atoms with Crippen molar-refractivity contribution in [3.05, 3.63) is 142 Å². The molecule has 1 atom stereocenters. The van der Waals surface area contributed by atoms with Crippen molar-refractivity contribution in [1.82, 2.24) is 19.3 Å². The lowest BCUT2D eigenvalue weighted by Crippen LogP contribution is -2.52. The third-order valence-electron chi connectivity index (χ3n) is 11.8. The Kier molecular flexibility index (Phi) is 10.5. The molecule has 10 heteroatoms. The standard InChI is InChI=1S/C46H49N5O5/c1-31-12-8-11-17-43(31)56-46(54)50-19-18-34-25-40(42-27-39(32(2)47(42)3)44(52)48(4)37-15-6-5-7-16-37)41(26-36(34)28-50)45(53)51-29-35-14-10-9-13-33(35)24-38(51)30-49-20-22-55-23-21-49/h5-17,25-27,38H,18-24,28-30H2,1-4H3/t38-/m0/s1. The summed E-state index contributed by atoms with van der Waals surface area (Å²) in [5.41, 5.74) is 9.60. The van der Waals surface area contributed by atoms with E-state index >= 15 is 4.79 Å². The lowest BCUT2D eigenvalue weighted by atomic mass is 9.89. The lowest BCUT2D eigenvalue weighted by Gasteiger charge is -2.41. The average molecular weight is 752 g/mol. The van der Waals surface area contributed by atoms with Gasteiger partial charge in [0.15, 0.2) is 0 Å². The third kappa shape index (κ3) is 7.34. The normalized spacial score (nSPS) is 16.9. The van der Waals surface area contributed by atoms with E-state index in [1.165, 1.54) is 5.56 Å². The van der Waals surface area contributed by atoms with Crippen LogP contribution in [0.3, 0.4) is 0 Å². The first-order chi connectivity index (χ1) is 27.2. The molecule has 4 aromatic carbocycles. The number of benzene rings is 4. The summed E-state index contributed by atoms with van der Waals surface area (Å²) in [4.78, 5) is 50.7. The zero-order valence-electron chi connectivity index (χ0n) is 32.7. The maximum atomic E-state index is 15.4. The Morgan fingerprint density at radius 3 is 2.27 bits per heavy atom. The van der Waals surface area contributed by atoms with Crippen LogP contribution in [0.1, 0.15) is 54.2 Å². The maximum Gasteiger partial charge on any atom is 0.415 e. The Hall–Kier alpha value is -5.71. The van der Waals surface area contributed by atoms with Crippen molar-refractivity contribution >= 4 is 23.6 Å². The molecule has 0 bridgehead atoms. The van der Waals surface area contributed by atoms with Crippen LogP contribution in [0.4, 0.5) is 10.5 Å². The van der Waals surface area contributed by atoms with Crippen molar-refractivity contribution in [1.29, 1.82) is 0 Å². The number of ether oxygens (including phenoxy) is 2. The first-order valence-electron chi connectivity index (χ1n) is 19.5. The minimum atomic E-state index is -0.413. The molecule has 0 N–H and O–H groups in total. The van der Waals surface area contributed by atoms with E-state index in [0.29, 0.717) is 56.1 Å². The Morgan fingerprint density at radius 2 is 1.50 bits per heavy atom. The number of anilines is 1. The molecule has 56 heavy (non-hydrogen) atoms. The van der Waals surface area contributed by atoms with Gasteiger partial charge in [-0.2, -0.15) is 0 Å². The van der Waals surface area contributed by atoms with Gasteiger partial charge in [0.25, 0.3) is 11.8 Å². The van der Waals surface area contributed by atoms with Gasteiger partial charge in [-0.3, -0.25) is 14.5 Å². The number of nitrogens with zero attached hydrogens (tertiary/aromatic N) is 5. The van der Waals surface area contributed by atoms with Crippen molar-refractivity contribution in [3.8, 4) is 17.0 Å². The number of hydrogen-bond donors (Lipinski definition) is 0. The molecule has 0 unspecified atom stereocenters. The number of carbonyl (C=O) groups excluding carboxylic acids is 3. The van der Waals surface area contributed by atoms with Gasteiger partial charge in [-0.15, -0.1) is 0 Å². The zero-order chi connectivity index (χ0) is 38.9. The highest BCUT2D eigenvalue weighted by Gasteiger charge is 2.35. The lowest BCUT2D eigenvalue weighted by molar-refractivity contribution is 0.0193. The van der Waals surface area contributed by atoms with Crippen LogP contribution in [0.15, 0.2) is 97.1 Å². The number of hydrogen-bond acceptors (Lipinski definition) is 6. The summed E-state index contributed by atoms with van der Waals surface area (Å²) in [6, 6.07) is 31.5. The number of aromatic nitrogens is 1. The van der Waals surface area contributed by atoms with E-state index < -0.39 is 6.09 Å². The summed E-state index contributed by atoms with van der Waals surface area (Å²) in [5.74, 6) is 0.347. The van der Waals surface area contributed by atoms with Crippen molar-refractivity contribution in [3.63, 3.8) is 0 Å². The number of amides is 3. The zero-order valence-corrected chi connectivity index (χ0v) is 32.7. The summed E-state index contributed by atoms with van der Waals surface area (Å²) in [6.45, 7) is 8.93. The number of para-hydroxylation sites is 2. The van der Waals surface area contributed by atoms with Gasteiger partial charge in [0.2, 0.25) is 0 Å². The molecule has 3 aliphatic heterocycles. The second-order valence-corrected chi connectivity index (χ2v) is 15.2. The minimum absolute atomic E-state index is 0.0493. The van der Waals surface area contributed by atoms with E-state index in [4.69, 9.17) is 9.47 Å². The molecule has 5 aromatic rings. The predicted octanol–water partition coefficient (Wildman–Crippen LogP) is 7.04. The third-order valence-corrected chi connectivity index (χ3v) is 11.8. The summed E-state index contributed by atoms with van der Waals surface area (Å²) < 4.78 is 13.5. The predicted molar refractivity (Wildman–Crippen MR) is 217 cm³/mol. The van der Waals surface area contributed by atoms with Crippen LogP contribution in [0.5, 0.6) is 5.75 Å². The summed E-state index contributed by atoms with van der Waals surface area (Å²) >= 11 is 0. The Bertz CT molecular complexity index is 2280. The van der Waals surface area contributed by atoms with Crippen LogP contribution in [0.25, 0.3) is 11.3 Å². The molecule has 4 heterocycles. The van der Waals surface area contributed by atoms with Gasteiger partial charge >= 0.3 is 6.09 Å². The highest BCUT2D eigenvalue weighted by molar-refractivity contribution is 6.08. The molecule has 8 rings (SSSR count). The molecule has 0 radical (unpaired) electrons. The average Bonchev–Trinajstić information content (AvgIpc) is 3.53. The smallest absolute Gasteiger partial charge is 0.410 e. The van der Waals surface area contributed by atoms with Crippen molar-refractivity contribution < 1.29 is 23.9 Å². The minimum Gasteiger partial charge on any atom is -0.410 e. The Morgan fingerprint density at radius 1 is 0.786 bits per heavy atom. The highest BCUT2D eigenvalue weighted by atomic mass is 16.6. The Labute approximate surface area is 328 Å². The first kappa shape index (κ1) is 37.2. The van der Waals surface area contributed by atoms with E-state index in [-0.39, 0.29) is 17.9 Å². The molecule has 0 saturated carbocycles. The number of fused-ring (bicyclic) bond motifs is 2. The molecule has 10 nitrogen and oxygen atoms in total. The van der Waals surface area contributed by atoms with E-state index in [9.17, 15) is 9.59 Å². The van der Waals surface area contributed by atoms with Crippen molar-refractivity contribution in [2.45, 2.75) is 45.8 Å². The van der Waals surface area contributed by atoms with Crippen LogP contribution < -0.4 is 9.64 Å². The fourth-order valence-electron chi connectivity index (χ4n) is 8.33. The van der Waals surface area contributed by atoms with Crippen molar-refractivity contribution in [2.24, 2.45) is 7.05 Å². The highest BCUT2D eigenvalue weighted by Crippen LogP contribution is 2.36.